The molecule has 7 aromatic carbocycles. The molecule has 0 saturated carbocycles. The molecule has 0 aliphatic rings. The highest BCUT2D eigenvalue weighted by molar-refractivity contribution is 7.25. The predicted octanol–water partition coefficient (Wildman–Crippen LogP) is 12.2. The van der Waals surface area contributed by atoms with E-state index in [1.54, 1.807) is 11.3 Å². The number of nitrogens with zero attached hydrogens (tertiary/aromatic N) is 3. The number of benzene rings is 7. The number of hydrogen-bond acceptors (Lipinski definition) is 4. The Morgan fingerprint density at radius 1 is 0.286 bits per heavy atom. The van der Waals surface area contributed by atoms with Crippen molar-refractivity contribution in [3.8, 4) is 67.5 Å². The lowest BCUT2D eigenvalue weighted by atomic mass is 9.93. The Labute approximate surface area is 288 Å². The molecule has 9 rings (SSSR count). The number of fused-ring (bicyclic) bond motifs is 3. The van der Waals surface area contributed by atoms with Crippen molar-refractivity contribution in [1.29, 1.82) is 0 Å². The Kier molecular flexibility index (Phi) is 7.34. The minimum atomic E-state index is 0.653. The summed E-state index contributed by atoms with van der Waals surface area (Å²) < 4.78 is 2.48. The lowest BCUT2D eigenvalue weighted by Crippen LogP contribution is -2.00. The molecule has 0 unspecified atom stereocenters. The minimum absolute atomic E-state index is 0.653. The molecule has 9 aromatic rings. The summed E-state index contributed by atoms with van der Waals surface area (Å²) in [6, 6.07) is 61.6. The van der Waals surface area contributed by atoms with E-state index in [2.05, 4.69) is 158 Å². The van der Waals surface area contributed by atoms with Gasteiger partial charge in [0, 0.05) is 36.9 Å². The van der Waals surface area contributed by atoms with Crippen molar-refractivity contribution in [3.05, 3.63) is 176 Å². The molecule has 0 fully saturated rings. The molecule has 0 spiro atoms. The van der Waals surface area contributed by atoms with Crippen molar-refractivity contribution in [2.24, 2.45) is 0 Å². The van der Waals surface area contributed by atoms with E-state index in [9.17, 15) is 0 Å². The first-order valence-electron chi connectivity index (χ1n) is 16.4. The summed E-state index contributed by atoms with van der Waals surface area (Å²) in [4.78, 5) is 15.1. The Morgan fingerprint density at radius 3 is 1.37 bits per heavy atom. The third-order valence-corrected chi connectivity index (χ3v) is 10.1. The zero-order valence-corrected chi connectivity index (χ0v) is 27.3. The van der Waals surface area contributed by atoms with Gasteiger partial charge in [0.05, 0.1) is 0 Å². The second kappa shape index (κ2) is 12.4. The fourth-order valence-electron chi connectivity index (χ4n) is 6.56. The highest BCUT2D eigenvalue weighted by Gasteiger charge is 2.17. The molecule has 49 heavy (non-hydrogen) atoms. The number of rotatable bonds is 6. The van der Waals surface area contributed by atoms with Crippen LogP contribution in [0, 0.1) is 0 Å². The largest absolute Gasteiger partial charge is 0.208 e. The highest BCUT2D eigenvalue weighted by atomic mass is 32.1. The minimum Gasteiger partial charge on any atom is -0.208 e. The SMILES string of the molecule is c1ccc(-c2nc(-c3ccc(-c4ccc(-c5ccccc5-c5ccccc5)cc4)cc3)nc(-c3cccc4sc5ccccc5c34)n2)cc1. The van der Waals surface area contributed by atoms with Gasteiger partial charge in [0.25, 0.3) is 0 Å². The Balaban J connectivity index is 1.09. The number of hydrogen-bond donors (Lipinski definition) is 0. The van der Waals surface area contributed by atoms with Gasteiger partial charge in [-0.15, -0.1) is 11.3 Å². The topological polar surface area (TPSA) is 38.7 Å². The molecule has 0 radical (unpaired) electrons. The van der Waals surface area contributed by atoms with Crippen LogP contribution in [0.3, 0.4) is 0 Å². The van der Waals surface area contributed by atoms with Gasteiger partial charge in [0.1, 0.15) is 0 Å². The van der Waals surface area contributed by atoms with Crippen molar-refractivity contribution in [2.75, 3.05) is 0 Å². The molecule has 2 aromatic heterocycles. The summed E-state index contributed by atoms with van der Waals surface area (Å²) in [5.74, 6) is 1.99. The monoisotopic (exact) mass is 643 g/mol. The first kappa shape index (κ1) is 29.0. The number of aromatic nitrogens is 3. The molecular formula is C45H29N3S. The quantitative estimate of drug-likeness (QED) is 0.181. The average molecular weight is 644 g/mol. The standard InChI is InChI=1S/C45H29N3S/c1-3-12-32(13-4-1)36-16-7-8-17-37(36)33-26-22-30(23-27-33)31-24-28-35(29-25-31)44-46-43(34-14-5-2-6-15-34)47-45(48-44)39-19-11-21-41-42(39)38-18-9-10-20-40(38)49-41/h1-29H. The molecule has 4 heteroatoms. The Morgan fingerprint density at radius 2 is 0.714 bits per heavy atom. The van der Waals surface area contributed by atoms with E-state index in [-0.39, 0.29) is 0 Å². The van der Waals surface area contributed by atoms with E-state index < -0.39 is 0 Å². The van der Waals surface area contributed by atoms with E-state index in [1.165, 1.54) is 42.4 Å². The van der Waals surface area contributed by atoms with Crippen molar-refractivity contribution in [2.45, 2.75) is 0 Å². The molecule has 0 amide bonds. The van der Waals surface area contributed by atoms with Crippen LogP contribution in [-0.4, -0.2) is 15.0 Å². The molecule has 2 heterocycles. The van der Waals surface area contributed by atoms with Crippen LogP contribution in [0.5, 0.6) is 0 Å². The zero-order chi connectivity index (χ0) is 32.6. The van der Waals surface area contributed by atoms with E-state index in [1.807, 2.05) is 18.2 Å². The zero-order valence-electron chi connectivity index (χ0n) is 26.5. The summed E-state index contributed by atoms with van der Waals surface area (Å²) in [5, 5.41) is 2.41. The van der Waals surface area contributed by atoms with Gasteiger partial charge in [-0.25, -0.2) is 15.0 Å². The van der Waals surface area contributed by atoms with Crippen LogP contribution in [0.4, 0.5) is 0 Å². The van der Waals surface area contributed by atoms with Gasteiger partial charge in [-0.3, -0.25) is 0 Å². The van der Waals surface area contributed by atoms with Crippen LogP contribution in [0.1, 0.15) is 0 Å². The maximum absolute atomic E-state index is 5.10. The third kappa shape index (κ3) is 5.48. The van der Waals surface area contributed by atoms with E-state index >= 15 is 0 Å². The molecule has 3 nitrogen and oxygen atoms in total. The van der Waals surface area contributed by atoms with Crippen molar-refractivity contribution < 1.29 is 0 Å². The molecule has 0 atom stereocenters. The second-order valence-corrected chi connectivity index (χ2v) is 13.1. The molecule has 0 aliphatic carbocycles. The van der Waals surface area contributed by atoms with Gasteiger partial charge >= 0.3 is 0 Å². The van der Waals surface area contributed by atoms with Crippen LogP contribution in [0.2, 0.25) is 0 Å². The lowest BCUT2D eigenvalue weighted by Gasteiger charge is -2.12. The Hall–Kier alpha value is -6.23. The van der Waals surface area contributed by atoms with Gasteiger partial charge in [0.15, 0.2) is 17.5 Å². The molecule has 0 N–H and O–H groups in total. The normalized spacial score (nSPS) is 11.3. The molecular weight excluding hydrogens is 615 g/mol. The van der Waals surface area contributed by atoms with E-state index in [0.29, 0.717) is 17.5 Å². The first-order valence-corrected chi connectivity index (χ1v) is 17.2. The Bertz CT molecular complexity index is 2570. The van der Waals surface area contributed by atoms with Gasteiger partial charge < -0.3 is 0 Å². The maximum Gasteiger partial charge on any atom is 0.164 e. The van der Waals surface area contributed by atoms with E-state index in [0.717, 1.165) is 27.8 Å². The number of thiophene rings is 1. The first-order chi connectivity index (χ1) is 24.3. The summed E-state index contributed by atoms with van der Waals surface area (Å²) in [7, 11) is 0. The smallest absolute Gasteiger partial charge is 0.164 e. The van der Waals surface area contributed by atoms with Crippen molar-refractivity contribution in [3.63, 3.8) is 0 Å². The predicted molar refractivity (Wildman–Crippen MR) is 205 cm³/mol. The molecule has 0 saturated heterocycles. The molecule has 0 aliphatic heterocycles. The van der Waals surface area contributed by atoms with Crippen LogP contribution < -0.4 is 0 Å². The van der Waals surface area contributed by atoms with Crippen LogP contribution in [-0.2, 0) is 0 Å². The summed E-state index contributed by atoms with van der Waals surface area (Å²) in [6.45, 7) is 0. The summed E-state index contributed by atoms with van der Waals surface area (Å²) in [6.07, 6.45) is 0. The van der Waals surface area contributed by atoms with Gasteiger partial charge in [0.2, 0.25) is 0 Å². The van der Waals surface area contributed by atoms with Gasteiger partial charge in [-0.1, -0.05) is 164 Å². The van der Waals surface area contributed by atoms with Crippen LogP contribution in [0.25, 0.3) is 87.7 Å². The van der Waals surface area contributed by atoms with Gasteiger partial charge in [-0.2, -0.15) is 0 Å². The van der Waals surface area contributed by atoms with Crippen LogP contribution in [0.15, 0.2) is 176 Å². The van der Waals surface area contributed by atoms with Gasteiger partial charge in [-0.05, 0) is 45.5 Å². The second-order valence-electron chi connectivity index (χ2n) is 12.0. The van der Waals surface area contributed by atoms with Crippen LogP contribution >= 0.6 is 11.3 Å². The fourth-order valence-corrected chi connectivity index (χ4v) is 7.69. The van der Waals surface area contributed by atoms with Crippen molar-refractivity contribution in [1.82, 2.24) is 15.0 Å². The van der Waals surface area contributed by atoms with E-state index in [4.69, 9.17) is 15.0 Å². The average Bonchev–Trinajstić information content (AvgIpc) is 3.58. The summed E-state index contributed by atoms with van der Waals surface area (Å²) >= 11 is 1.80. The lowest BCUT2D eigenvalue weighted by molar-refractivity contribution is 1.08. The van der Waals surface area contributed by atoms with Crippen molar-refractivity contribution >= 4 is 31.5 Å². The summed E-state index contributed by atoms with van der Waals surface area (Å²) in [5.41, 5.74) is 10.1. The molecule has 0 bridgehead atoms. The third-order valence-electron chi connectivity index (χ3n) is 9.00. The molecule has 230 valence electrons. The fraction of sp³-hybridized carbons (Fsp3) is 0. The highest BCUT2D eigenvalue weighted by Crippen LogP contribution is 2.40. The maximum atomic E-state index is 5.10.